The van der Waals surface area contributed by atoms with E-state index in [1.165, 1.54) is 17.7 Å². The van der Waals surface area contributed by atoms with Crippen molar-refractivity contribution in [2.45, 2.75) is 31.7 Å². The Hall–Kier alpha value is -1.38. The summed E-state index contributed by atoms with van der Waals surface area (Å²) in [6.45, 7) is 2.76. The number of benzene rings is 1. The van der Waals surface area contributed by atoms with Gasteiger partial charge in [-0.05, 0) is 36.5 Å². The van der Waals surface area contributed by atoms with Gasteiger partial charge in [0.25, 0.3) is 6.40 Å². The van der Waals surface area contributed by atoms with Crippen molar-refractivity contribution >= 4 is 6.40 Å². The number of halogens is 1. The second kappa shape index (κ2) is 5.10. The highest BCUT2D eigenvalue weighted by molar-refractivity contribution is 5.49. The summed E-state index contributed by atoms with van der Waals surface area (Å²) in [5, 5.41) is 0. The van der Waals surface area contributed by atoms with Crippen molar-refractivity contribution in [1.29, 1.82) is 0 Å². The molecule has 0 N–H and O–H groups in total. The second-order valence-electron chi connectivity index (χ2n) is 4.08. The summed E-state index contributed by atoms with van der Waals surface area (Å²) in [7, 11) is 0. The first kappa shape index (κ1) is 11.1. The van der Waals surface area contributed by atoms with Crippen molar-refractivity contribution in [3.8, 4) is 0 Å². The molecule has 0 amide bonds. The van der Waals surface area contributed by atoms with E-state index in [0.29, 0.717) is 12.5 Å². The minimum Gasteiger partial charge on any atom is -0.472 e. The molecule has 0 bridgehead atoms. The van der Waals surface area contributed by atoms with Gasteiger partial charge in [0.2, 0.25) is 0 Å². The Morgan fingerprint density at radius 3 is 2.81 bits per heavy atom. The normalized spacial score (nSPS) is 20.8. The van der Waals surface area contributed by atoms with E-state index >= 15 is 0 Å². The lowest BCUT2D eigenvalue weighted by Gasteiger charge is -2.17. The fraction of sp³-hybridized carbons (Fsp3) is 0.462. The van der Waals surface area contributed by atoms with Crippen molar-refractivity contribution in [1.82, 2.24) is 0 Å². The first-order valence-electron chi connectivity index (χ1n) is 5.61. The Kier molecular flexibility index (Phi) is 3.54. The number of rotatable bonds is 4. The van der Waals surface area contributed by atoms with Gasteiger partial charge in [-0.1, -0.05) is 19.1 Å². The third-order valence-corrected chi connectivity index (χ3v) is 2.97. The Morgan fingerprint density at radius 1 is 1.50 bits per heavy atom. The van der Waals surface area contributed by atoms with Crippen LogP contribution in [0.15, 0.2) is 29.3 Å². The third kappa shape index (κ3) is 2.60. The van der Waals surface area contributed by atoms with E-state index < -0.39 is 0 Å². The van der Waals surface area contributed by atoms with Gasteiger partial charge >= 0.3 is 0 Å². The third-order valence-electron chi connectivity index (χ3n) is 2.97. The van der Waals surface area contributed by atoms with Gasteiger partial charge in [0, 0.05) is 0 Å². The topological polar surface area (TPSA) is 21.6 Å². The number of hydrogen-bond acceptors (Lipinski definition) is 2. The van der Waals surface area contributed by atoms with Crippen molar-refractivity contribution in [3.05, 3.63) is 35.6 Å². The lowest BCUT2D eigenvalue weighted by Crippen LogP contribution is -2.12. The van der Waals surface area contributed by atoms with Crippen LogP contribution in [0.3, 0.4) is 0 Å². The maximum absolute atomic E-state index is 12.8. The molecule has 0 spiro atoms. The fourth-order valence-electron chi connectivity index (χ4n) is 2.01. The van der Waals surface area contributed by atoms with Gasteiger partial charge in [-0.15, -0.1) is 0 Å². The van der Waals surface area contributed by atoms with Crippen molar-refractivity contribution < 1.29 is 9.13 Å². The number of nitrogens with zero attached hydrogens (tertiary/aromatic N) is 1. The van der Waals surface area contributed by atoms with Crippen LogP contribution in [0.1, 0.15) is 31.2 Å². The zero-order chi connectivity index (χ0) is 11.4. The van der Waals surface area contributed by atoms with Crippen LogP contribution in [-0.4, -0.2) is 19.0 Å². The average molecular weight is 220 g/mol. The SMILES string of the molecule is CCC(CC1CO[C]=N1)c1ccc(F)cc1. The molecule has 1 aliphatic heterocycles. The summed E-state index contributed by atoms with van der Waals surface area (Å²) in [6, 6.07) is 6.94. The van der Waals surface area contributed by atoms with E-state index in [0.717, 1.165) is 12.8 Å². The Balaban J connectivity index is 2.03. The summed E-state index contributed by atoms with van der Waals surface area (Å²) >= 11 is 0. The van der Waals surface area contributed by atoms with E-state index in [4.69, 9.17) is 4.74 Å². The van der Waals surface area contributed by atoms with Crippen molar-refractivity contribution in [2.24, 2.45) is 4.99 Å². The molecule has 3 heteroatoms. The van der Waals surface area contributed by atoms with Gasteiger partial charge in [0.1, 0.15) is 12.4 Å². The standard InChI is InChI=1S/C13H15FNO/c1-2-10(7-13-8-16-9-15-13)11-3-5-12(14)6-4-11/h3-6,10,13H,2,7-8H2,1H3. The summed E-state index contributed by atoms with van der Waals surface area (Å²) in [5.74, 6) is 0.229. The Bertz CT molecular complexity index is 361. The summed E-state index contributed by atoms with van der Waals surface area (Å²) in [5.41, 5.74) is 1.17. The molecule has 0 aliphatic carbocycles. The lowest BCUT2D eigenvalue weighted by molar-refractivity contribution is 0.314. The maximum atomic E-state index is 12.8. The van der Waals surface area contributed by atoms with Crippen molar-refractivity contribution in [3.63, 3.8) is 0 Å². The lowest BCUT2D eigenvalue weighted by atomic mass is 9.90. The van der Waals surface area contributed by atoms with Crippen LogP contribution in [0, 0.1) is 5.82 Å². The van der Waals surface area contributed by atoms with E-state index in [1.807, 2.05) is 12.1 Å². The Morgan fingerprint density at radius 2 is 2.25 bits per heavy atom. The molecule has 0 saturated carbocycles. The predicted octanol–water partition coefficient (Wildman–Crippen LogP) is 3.01. The van der Waals surface area contributed by atoms with Crippen LogP contribution in [0.4, 0.5) is 4.39 Å². The molecule has 0 aromatic heterocycles. The molecule has 0 fully saturated rings. The summed E-state index contributed by atoms with van der Waals surface area (Å²) < 4.78 is 17.8. The molecule has 1 radical (unpaired) electrons. The summed E-state index contributed by atoms with van der Waals surface area (Å²) in [6.07, 6.45) is 4.49. The molecule has 2 nitrogen and oxygen atoms in total. The van der Waals surface area contributed by atoms with E-state index in [2.05, 4.69) is 18.3 Å². The summed E-state index contributed by atoms with van der Waals surface area (Å²) in [4.78, 5) is 4.12. The highest BCUT2D eigenvalue weighted by atomic mass is 19.1. The molecule has 1 aromatic carbocycles. The highest BCUT2D eigenvalue weighted by Gasteiger charge is 2.19. The maximum Gasteiger partial charge on any atom is 0.273 e. The first-order valence-corrected chi connectivity index (χ1v) is 5.61. The molecule has 2 rings (SSSR count). The van der Waals surface area contributed by atoms with Gasteiger partial charge in [-0.3, -0.25) is 0 Å². The molecule has 2 unspecified atom stereocenters. The molecule has 16 heavy (non-hydrogen) atoms. The molecular formula is C13H15FNO. The smallest absolute Gasteiger partial charge is 0.273 e. The number of hydrogen-bond donors (Lipinski definition) is 0. The predicted molar refractivity (Wildman–Crippen MR) is 61.2 cm³/mol. The minimum atomic E-state index is -0.186. The van der Waals surface area contributed by atoms with Gasteiger partial charge in [-0.25, -0.2) is 9.38 Å². The second-order valence-corrected chi connectivity index (χ2v) is 4.08. The van der Waals surface area contributed by atoms with Crippen molar-refractivity contribution in [2.75, 3.05) is 6.61 Å². The van der Waals surface area contributed by atoms with Crippen LogP contribution in [0.5, 0.6) is 0 Å². The van der Waals surface area contributed by atoms with E-state index in [1.54, 1.807) is 0 Å². The molecule has 2 atom stereocenters. The largest absolute Gasteiger partial charge is 0.472 e. The van der Waals surface area contributed by atoms with Gasteiger partial charge in [0.05, 0.1) is 6.04 Å². The molecule has 1 heterocycles. The first-order chi connectivity index (χ1) is 7.79. The highest BCUT2D eigenvalue weighted by Crippen LogP contribution is 2.26. The van der Waals surface area contributed by atoms with E-state index in [-0.39, 0.29) is 11.9 Å². The monoisotopic (exact) mass is 220 g/mol. The fourth-order valence-corrected chi connectivity index (χ4v) is 2.01. The van der Waals surface area contributed by atoms with Crippen LogP contribution >= 0.6 is 0 Å². The molecule has 1 aromatic rings. The van der Waals surface area contributed by atoms with Crippen LogP contribution in [0.2, 0.25) is 0 Å². The quantitative estimate of drug-likeness (QED) is 0.764. The molecule has 0 saturated heterocycles. The van der Waals surface area contributed by atoms with Gasteiger partial charge < -0.3 is 4.74 Å². The van der Waals surface area contributed by atoms with E-state index in [9.17, 15) is 4.39 Å². The minimum absolute atomic E-state index is 0.186. The molecular weight excluding hydrogens is 205 g/mol. The zero-order valence-electron chi connectivity index (χ0n) is 9.32. The zero-order valence-corrected chi connectivity index (χ0v) is 9.32. The van der Waals surface area contributed by atoms with Crippen LogP contribution < -0.4 is 0 Å². The number of ether oxygens (including phenoxy) is 1. The Labute approximate surface area is 95.2 Å². The van der Waals surface area contributed by atoms with Crippen LogP contribution in [0.25, 0.3) is 0 Å². The molecule has 85 valence electrons. The van der Waals surface area contributed by atoms with Gasteiger partial charge in [0.15, 0.2) is 0 Å². The average Bonchev–Trinajstić information content (AvgIpc) is 2.80. The molecule has 1 aliphatic rings. The number of aliphatic imine (C=N–C) groups is 1. The van der Waals surface area contributed by atoms with Gasteiger partial charge in [-0.2, -0.15) is 0 Å². The van der Waals surface area contributed by atoms with Crippen LogP contribution in [-0.2, 0) is 4.74 Å².